The average Bonchev–Trinajstić information content (AvgIpc) is 2.48. The van der Waals surface area contributed by atoms with Gasteiger partial charge in [-0.3, -0.25) is 0 Å². The van der Waals surface area contributed by atoms with E-state index in [9.17, 15) is 13.5 Å². The zero-order valence-electron chi connectivity index (χ0n) is 11.7. The highest BCUT2D eigenvalue weighted by Gasteiger charge is 2.20. The Morgan fingerprint density at radius 2 is 1.65 bits per heavy atom. The molecule has 0 heterocycles. The molecule has 0 saturated heterocycles. The van der Waals surface area contributed by atoms with Crippen LogP contribution >= 0.6 is 34.8 Å². The number of ether oxygens (including phenoxy) is 1. The van der Waals surface area contributed by atoms with Crippen LogP contribution in [0.15, 0.2) is 47.4 Å². The Morgan fingerprint density at radius 3 is 2.26 bits per heavy atom. The van der Waals surface area contributed by atoms with Gasteiger partial charge < -0.3 is 9.84 Å². The number of hydrogen-bond donors (Lipinski definition) is 1. The van der Waals surface area contributed by atoms with E-state index in [4.69, 9.17) is 39.5 Å². The Morgan fingerprint density at radius 1 is 1.00 bits per heavy atom. The summed E-state index contributed by atoms with van der Waals surface area (Å²) in [6.45, 7) is -0.190. The van der Waals surface area contributed by atoms with Gasteiger partial charge in [0.05, 0.1) is 20.7 Å². The van der Waals surface area contributed by atoms with Crippen molar-refractivity contribution in [3.63, 3.8) is 0 Å². The van der Waals surface area contributed by atoms with Gasteiger partial charge in [0, 0.05) is 11.1 Å². The Bertz CT molecular complexity index is 776. The molecule has 0 aliphatic heterocycles. The molecule has 0 unspecified atom stereocenters. The molecule has 1 atom stereocenters. The minimum Gasteiger partial charge on any atom is -0.491 e. The molecule has 0 radical (unpaired) electrons. The van der Waals surface area contributed by atoms with Crippen molar-refractivity contribution in [1.29, 1.82) is 0 Å². The lowest BCUT2D eigenvalue weighted by molar-refractivity contribution is 0.125. The van der Waals surface area contributed by atoms with Crippen LogP contribution in [-0.4, -0.2) is 32.0 Å². The maximum atomic E-state index is 12.2. The van der Waals surface area contributed by atoms with Gasteiger partial charge in [-0.05, 0) is 36.4 Å². The first-order chi connectivity index (χ1) is 10.8. The molecule has 0 bridgehead atoms. The zero-order chi connectivity index (χ0) is 17.0. The summed E-state index contributed by atoms with van der Waals surface area (Å²) in [5.74, 6) is -0.0713. The quantitative estimate of drug-likeness (QED) is 0.806. The first-order valence-electron chi connectivity index (χ1n) is 6.52. The first-order valence-corrected chi connectivity index (χ1v) is 9.31. The average molecular weight is 396 g/mol. The third kappa shape index (κ3) is 5.26. The summed E-state index contributed by atoms with van der Waals surface area (Å²) in [5, 5.41) is 11.0. The highest BCUT2D eigenvalue weighted by molar-refractivity contribution is 7.91. The first kappa shape index (κ1) is 18.4. The molecule has 1 N–H and O–H groups in total. The van der Waals surface area contributed by atoms with Crippen LogP contribution in [0.4, 0.5) is 0 Å². The van der Waals surface area contributed by atoms with Gasteiger partial charge in [-0.25, -0.2) is 8.42 Å². The molecule has 4 nitrogen and oxygen atoms in total. The zero-order valence-corrected chi connectivity index (χ0v) is 14.8. The van der Waals surface area contributed by atoms with Crippen molar-refractivity contribution in [2.24, 2.45) is 0 Å². The molecule has 0 aromatic heterocycles. The van der Waals surface area contributed by atoms with Crippen molar-refractivity contribution in [2.45, 2.75) is 11.0 Å². The van der Waals surface area contributed by atoms with E-state index in [2.05, 4.69) is 0 Å². The van der Waals surface area contributed by atoms with Gasteiger partial charge in [-0.1, -0.05) is 34.8 Å². The topological polar surface area (TPSA) is 63.6 Å². The van der Waals surface area contributed by atoms with Crippen LogP contribution in [0.2, 0.25) is 15.1 Å². The van der Waals surface area contributed by atoms with E-state index < -0.39 is 21.7 Å². The molecule has 0 aliphatic rings. The lowest BCUT2D eigenvalue weighted by atomic mass is 10.3. The fourth-order valence-electron chi connectivity index (χ4n) is 1.80. The summed E-state index contributed by atoms with van der Waals surface area (Å²) >= 11 is 17.4. The van der Waals surface area contributed by atoms with Crippen LogP contribution in [0.5, 0.6) is 5.75 Å². The van der Waals surface area contributed by atoms with Gasteiger partial charge in [0.2, 0.25) is 0 Å². The fraction of sp³-hybridized carbons (Fsp3) is 0.200. The fourth-order valence-corrected chi connectivity index (χ4v) is 3.56. The van der Waals surface area contributed by atoms with Gasteiger partial charge in [0.25, 0.3) is 0 Å². The molecule has 0 amide bonds. The van der Waals surface area contributed by atoms with E-state index >= 15 is 0 Å². The minimum absolute atomic E-state index is 0.0930. The maximum absolute atomic E-state index is 12.2. The molecular weight excluding hydrogens is 383 g/mol. The lowest BCUT2D eigenvalue weighted by Crippen LogP contribution is -2.27. The molecule has 2 aromatic rings. The predicted molar refractivity (Wildman–Crippen MR) is 91.5 cm³/mol. The standard InChI is InChI=1S/C15H13Cl3O4S/c16-10-1-4-13(5-2-10)23(20,21)9-11(19)8-22-12-3-6-14(17)15(18)7-12/h1-7,11,19H,8-9H2/t11-/m0/s1. The Labute approximate surface area is 149 Å². The SMILES string of the molecule is O=S(=O)(C[C@@H](O)COc1ccc(Cl)c(Cl)c1)c1ccc(Cl)cc1. The van der Waals surface area contributed by atoms with E-state index in [-0.39, 0.29) is 11.5 Å². The van der Waals surface area contributed by atoms with E-state index in [0.29, 0.717) is 20.8 Å². The van der Waals surface area contributed by atoms with Gasteiger partial charge in [0.1, 0.15) is 18.5 Å². The molecule has 23 heavy (non-hydrogen) atoms. The smallest absolute Gasteiger partial charge is 0.181 e. The normalized spacial score (nSPS) is 12.9. The van der Waals surface area contributed by atoms with E-state index in [1.165, 1.54) is 30.3 Å². The van der Waals surface area contributed by atoms with Crippen molar-refractivity contribution in [2.75, 3.05) is 12.4 Å². The van der Waals surface area contributed by atoms with Crippen LogP contribution in [-0.2, 0) is 9.84 Å². The van der Waals surface area contributed by atoms with Gasteiger partial charge >= 0.3 is 0 Å². The van der Waals surface area contributed by atoms with E-state index in [0.717, 1.165) is 0 Å². The van der Waals surface area contributed by atoms with Crippen LogP contribution in [0.1, 0.15) is 0 Å². The molecule has 0 saturated carbocycles. The Kier molecular flexibility index (Phi) is 6.17. The number of hydrogen-bond acceptors (Lipinski definition) is 4. The summed E-state index contributed by atoms with van der Waals surface area (Å²) in [6.07, 6.45) is -1.19. The van der Waals surface area contributed by atoms with Crippen molar-refractivity contribution in [3.8, 4) is 5.75 Å². The van der Waals surface area contributed by atoms with Crippen molar-refractivity contribution in [3.05, 3.63) is 57.5 Å². The highest BCUT2D eigenvalue weighted by Crippen LogP contribution is 2.26. The summed E-state index contributed by atoms with van der Waals surface area (Å²) in [6, 6.07) is 10.4. The largest absolute Gasteiger partial charge is 0.491 e. The number of benzene rings is 2. The Balaban J connectivity index is 1.97. The molecule has 0 spiro atoms. The monoisotopic (exact) mass is 394 g/mol. The summed E-state index contributed by atoms with van der Waals surface area (Å²) < 4.78 is 29.7. The summed E-state index contributed by atoms with van der Waals surface area (Å²) in [5.41, 5.74) is 0. The maximum Gasteiger partial charge on any atom is 0.181 e. The summed E-state index contributed by atoms with van der Waals surface area (Å²) in [4.78, 5) is 0.0930. The number of sulfone groups is 1. The second-order valence-electron chi connectivity index (χ2n) is 4.78. The van der Waals surface area contributed by atoms with Crippen LogP contribution in [0.3, 0.4) is 0 Å². The van der Waals surface area contributed by atoms with Crippen LogP contribution in [0, 0.1) is 0 Å². The van der Waals surface area contributed by atoms with E-state index in [1.54, 1.807) is 12.1 Å². The molecule has 8 heteroatoms. The lowest BCUT2D eigenvalue weighted by Gasteiger charge is -2.13. The second kappa shape index (κ2) is 7.73. The van der Waals surface area contributed by atoms with Crippen LogP contribution in [0.25, 0.3) is 0 Å². The van der Waals surface area contributed by atoms with Crippen molar-refractivity contribution < 1.29 is 18.3 Å². The number of halogens is 3. The van der Waals surface area contributed by atoms with Crippen molar-refractivity contribution in [1.82, 2.24) is 0 Å². The van der Waals surface area contributed by atoms with Gasteiger partial charge in [0.15, 0.2) is 9.84 Å². The molecular formula is C15H13Cl3O4S. The summed E-state index contributed by atoms with van der Waals surface area (Å²) in [7, 11) is -3.63. The molecule has 2 aromatic carbocycles. The third-order valence-corrected chi connectivity index (χ3v) is 5.72. The predicted octanol–water partition coefficient (Wildman–Crippen LogP) is 3.86. The molecule has 124 valence electrons. The number of aliphatic hydroxyl groups is 1. The second-order valence-corrected chi connectivity index (χ2v) is 8.06. The third-order valence-electron chi connectivity index (χ3n) is 2.92. The number of rotatable bonds is 6. The highest BCUT2D eigenvalue weighted by atomic mass is 35.5. The van der Waals surface area contributed by atoms with Crippen LogP contribution < -0.4 is 4.74 Å². The molecule has 0 fully saturated rings. The van der Waals surface area contributed by atoms with E-state index in [1.807, 2.05) is 0 Å². The molecule has 2 rings (SSSR count). The Hall–Kier alpha value is -0.980. The minimum atomic E-state index is -3.63. The molecule has 0 aliphatic carbocycles. The van der Waals surface area contributed by atoms with Gasteiger partial charge in [-0.2, -0.15) is 0 Å². The van der Waals surface area contributed by atoms with Gasteiger partial charge in [-0.15, -0.1) is 0 Å². The van der Waals surface area contributed by atoms with Crippen molar-refractivity contribution >= 4 is 44.6 Å². The number of aliphatic hydroxyl groups excluding tert-OH is 1.